The lowest BCUT2D eigenvalue weighted by Crippen LogP contribution is -2.04. The predicted molar refractivity (Wildman–Crippen MR) is 64.9 cm³/mol. The summed E-state index contributed by atoms with van der Waals surface area (Å²) in [6, 6.07) is 7.05. The quantitative estimate of drug-likeness (QED) is 0.825. The first kappa shape index (κ1) is 11.3. The third kappa shape index (κ3) is 2.32. The average Bonchev–Trinajstić information content (AvgIpc) is 2.51. The Balaban J connectivity index is 2.27. The maximum absolute atomic E-state index is 13.1. The molecule has 0 aliphatic rings. The Kier molecular flexibility index (Phi) is 3.10. The number of aryl methyl sites for hydroxylation is 2. The van der Waals surface area contributed by atoms with E-state index in [1.807, 2.05) is 24.6 Å². The van der Waals surface area contributed by atoms with Crippen molar-refractivity contribution in [2.75, 3.05) is 0 Å². The fourth-order valence-corrected chi connectivity index (χ4v) is 2.07. The minimum Gasteiger partial charge on any atom is -0.265 e. The molecule has 2 rings (SSSR count). The minimum absolute atomic E-state index is 0.239. The summed E-state index contributed by atoms with van der Waals surface area (Å²) in [5.41, 5.74) is 3.14. The second-order valence-electron chi connectivity index (χ2n) is 3.83. The summed E-state index contributed by atoms with van der Waals surface area (Å²) < 4.78 is 15.5. The maximum Gasteiger partial charge on any atom is 0.137 e. The number of benzene rings is 1. The van der Waals surface area contributed by atoms with Gasteiger partial charge in [-0.3, -0.25) is 4.68 Å². The number of hydrogen-bond acceptors (Lipinski definition) is 1. The van der Waals surface area contributed by atoms with Crippen LogP contribution in [0.1, 0.15) is 17.0 Å². The Morgan fingerprint density at radius 3 is 2.62 bits per heavy atom. The van der Waals surface area contributed by atoms with Gasteiger partial charge in [-0.2, -0.15) is 5.10 Å². The van der Waals surface area contributed by atoms with Crippen molar-refractivity contribution in [2.45, 2.75) is 20.4 Å². The van der Waals surface area contributed by atoms with E-state index in [4.69, 9.17) is 0 Å². The molecule has 2 nitrogen and oxygen atoms in total. The standard InChI is InChI=1S/C12H12BrFN2/c1-8-5-9(2)16(15-8)7-10-3-4-12(14)11(13)6-10/h3-6H,7H2,1-2H3. The molecule has 0 aliphatic heterocycles. The van der Waals surface area contributed by atoms with Crippen LogP contribution < -0.4 is 0 Å². The van der Waals surface area contributed by atoms with E-state index in [0.29, 0.717) is 11.0 Å². The molecule has 0 saturated carbocycles. The maximum atomic E-state index is 13.1. The fourth-order valence-electron chi connectivity index (χ4n) is 1.65. The highest BCUT2D eigenvalue weighted by atomic mass is 79.9. The van der Waals surface area contributed by atoms with Gasteiger partial charge >= 0.3 is 0 Å². The number of hydrogen-bond donors (Lipinski definition) is 0. The first-order chi connectivity index (χ1) is 7.56. The molecule has 0 spiro atoms. The van der Waals surface area contributed by atoms with E-state index in [2.05, 4.69) is 21.0 Å². The summed E-state index contributed by atoms with van der Waals surface area (Å²) in [7, 11) is 0. The molecule has 84 valence electrons. The second-order valence-corrected chi connectivity index (χ2v) is 4.69. The lowest BCUT2D eigenvalue weighted by molar-refractivity contribution is 0.616. The second kappa shape index (κ2) is 4.37. The third-order valence-corrected chi connectivity index (χ3v) is 3.03. The summed E-state index contributed by atoms with van der Waals surface area (Å²) in [5.74, 6) is -0.239. The van der Waals surface area contributed by atoms with Gasteiger partial charge in [0.15, 0.2) is 0 Å². The zero-order chi connectivity index (χ0) is 11.7. The van der Waals surface area contributed by atoms with Gasteiger partial charge in [0.25, 0.3) is 0 Å². The van der Waals surface area contributed by atoms with E-state index in [9.17, 15) is 4.39 Å². The lowest BCUT2D eigenvalue weighted by atomic mass is 10.2. The Labute approximate surface area is 102 Å². The molecule has 0 aliphatic carbocycles. The van der Waals surface area contributed by atoms with Crippen molar-refractivity contribution in [3.05, 3.63) is 51.5 Å². The van der Waals surface area contributed by atoms with E-state index >= 15 is 0 Å². The van der Waals surface area contributed by atoms with Gasteiger partial charge in [-0.05, 0) is 53.5 Å². The number of nitrogens with zero attached hydrogens (tertiary/aromatic N) is 2. The smallest absolute Gasteiger partial charge is 0.137 e. The SMILES string of the molecule is Cc1cc(C)n(Cc2ccc(F)c(Br)c2)n1. The van der Waals surface area contributed by atoms with Crippen LogP contribution in [-0.4, -0.2) is 9.78 Å². The van der Waals surface area contributed by atoms with Crippen LogP contribution in [-0.2, 0) is 6.54 Å². The average molecular weight is 283 g/mol. The van der Waals surface area contributed by atoms with Gasteiger partial charge < -0.3 is 0 Å². The van der Waals surface area contributed by atoms with Crippen LogP contribution in [0.5, 0.6) is 0 Å². The summed E-state index contributed by atoms with van der Waals surface area (Å²) in [4.78, 5) is 0. The third-order valence-electron chi connectivity index (χ3n) is 2.42. The van der Waals surface area contributed by atoms with Crippen LogP contribution in [0.2, 0.25) is 0 Å². The largest absolute Gasteiger partial charge is 0.265 e. The van der Waals surface area contributed by atoms with Crippen LogP contribution in [0.4, 0.5) is 4.39 Å². The van der Waals surface area contributed by atoms with E-state index in [0.717, 1.165) is 17.0 Å². The molecule has 0 atom stereocenters. The first-order valence-electron chi connectivity index (χ1n) is 5.01. The predicted octanol–water partition coefficient (Wildman–Crippen LogP) is 3.45. The molecule has 0 fully saturated rings. The lowest BCUT2D eigenvalue weighted by Gasteiger charge is -2.05. The van der Waals surface area contributed by atoms with Crippen LogP contribution >= 0.6 is 15.9 Å². The highest BCUT2D eigenvalue weighted by Crippen LogP contribution is 2.17. The Bertz CT molecular complexity index is 520. The Morgan fingerprint density at radius 2 is 2.06 bits per heavy atom. The molecule has 0 N–H and O–H groups in total. The Morgan fingerprint density at radius 1 is 1.31 bits per heavy atom. The highest BCUT2D eigenvalue weighted by Gasteiger charge is 2.04. The van der Waals surface area contributed by atoms with Gasteiger partial charge in [-0.1, -0.05) is 6.07 Å². The number of rotatable bonds is 2. The molecule has 0 radical (unpaired) electrons. The number of halogens is 2. The molecule has 1 aromatic carbocycles. The normalized spacial score (nSPS) is 10.8. The van der Waals surface area contributed by atoms with Gasteiger partial charge in [0.05, 0.1) is 16.7 Å². The van der Waals surface area contributed by atoms with Gasteiger partial charge in [0.1, 0.15) is 5.82 Å². The van der Waals surface area contributed by atoms with Crippen LogP contribution in [0.3, 0.4) is 0 Å². The molecule has 0 saturated heterocycles. The van der Waals surface area contributed by atoms with Gasteiger partial charge in [0.2, 0.25) is 0 Å². The Hall–Kier alpha value is -1.16. The zero-order valence-corrected chi connectivity index (χ0v) is 10.8. The molecular formula is C12H12BrFN2. The van der Waals surface area contributed by atoms with E-state index < -0.39 is 0 Å². The topological polar surface area (TPSA) is 17.8 Å². The number of aromatic nitrogens is 2. The van der Waals surface area contributed by atoms with Gasteiger partial charge in [0, 0.05) is 5.69 Å². The summed E-state index contributed by atoms with van der Waals surface area (Å²) in [6.45, 7) is 4.64. The molecule has 0 bridgehead atoms. The van der Waals surface area contributed by atoms with Crippen LogP contribution in [0.15, 0.2) is 28.7 Å². The van der Waals surface area contributed by atoms with Crippen LogP contribution in [0, 0.1) is 19.7 Å². The molecule has 4 heteroatoms. The van der Waals surface area contributed by atoms with Crippen molar-refractivity contribution in [3.63, 3.8) is 0 Å². The van der Waals surface area contributed by atoms with Crippen molar-refractivity contribution in [1.29, 1.82) is 0 Å². The summed E-state index contributed by atoms with van der Waals surface area (Å²) in [6.07, 6.45) is 0. The van der Waals surface area contributed by atoms with Crippen molar-refractivity contribution < 1.29 is 4.39 Å². The fraction of sp³-hybridized carbons (Fsp3) is 0.250. The summed E-state index contributed by atoms with van der Waals surface area (Å²) >= 11 is 3.18. The highest BCUT2D eigenvalue weighted by molar-refractivity contribution is 9.10. The molecule has 1 heterocycles. The molecule has 16 heavy (non-hydrogen) atoms. The molecule has 2 aromatic rings. The molecule has 0 amide bonds. The molecule has 0 unspecified atom stereocenters. The van der Waals surface area contributed by atoms with Crippen molar-refractivity contribution in [2.24, 2.45) is 0 Å². The summed E-state index contributed by atoms with van der Waals surface area (Å²) in [5, 5.41) is 4.37. The minimum atomic E-state index is -0.239. The van der Waals surface area contributed by atoms with Crippen molar-refractivity contribution in [1.82, 2.24) is 9.78 Å². The zero-order valence-electron chi connectivity index (χ0n) is 9.17. The van der Waals surface area contributed by atoms with Crippen LogP contribution in [0.25, 0.3) is 0 Å². The van der Waals surface area contributed by atoms with Gasteiger partial charge in [-0.25, -0.2) is 4.39 Å². The molecule has 1 aromatic heterocycles. The monoisotopic (exact) mass is 282 g/mol. The van der Waals surface area contributed by atoms with E-state index in [1.165, 1.54) is 6.07 Å². The van der Waals surface area contributed by atoms with Crippen molar-refractivity contribution >= 4 is 15.9 Å². The van der Waals surface area contributed by atoms with Crippen molar-refractivity contribution in [3.8, 4) is 0 Å². The first-order valence-corrected chi connectivity index (χ1v) is 5.80. The van der Waals surface area contributed by atoms with Gasteiger partial charge in [-0.15, -0.1) is 0 Å². The van der Waals surface area contributed by atoms with E-state index in [1.54, 1.807) is 12.1 Å². The van der Waals surface area contributed by atoms with E-state index in [-0.39, 0.29) is 5.82 Å². The molecular weight excluding hydrogens is 271 g/mol.